The summed E-state index contributed by atoms with van der Waals surface area (Å²) in [5, 5.41) is 3.33. The molecule has 0 atom stereocenters. The Labute approximate surface area is 122 Å². The van der Waals surface area contributed by atoms with Crippen molar-refractivity contribution in [2.75, 3.05) is 13.2 Å². The maximum atomic E-state index is 12.0. The van der Waals surface area contributed by atoms with Gasteiger partial charge in [0, 0.05) is 29.3 Å². The lowest BCUT2D eigenvalue weighted by Crippen LogP contribution is -2.12. The molecule has 0 aliphatic rings. The lowest BCUT2D eigenvalue weighted by molar-refractivity contribution is -0.138. The second-order valence-corrected chi connectivity index (χ2v) is 6.08. The Bertz CT molecular complexity index is 390. The second kappa shape index (κ2) is 8.64. The van der Waals surface area contributed by atoms with Gasteiger partial charge in [-0.3, -0.25) is 0 Å². The predicted molar refractivity (Wildman–Crippen MR) is 76.0 cm³/mol. The van der Waals surface area contributed by atoms with Crippen LogP contribution in [0.4, 0.5) is 13.2 Å². The lowest BCUT2D eigenvalue weighted by atomic mass is 10.2. The van der Waals surface area contributed by atoms with E-state index in [4.69, 9.17) is 4.74 Å². The van der Waals surface area contributed by atoms with Crippen LogP contribution in [0.25, 0.3) is 0 Å². The highest BCUT2D eigenvalue weighted by Gasteiger charge is 2.25. The topological polar surface area (TPSA) is 21.3 Å². The Balaban J connectivity index is 2.26. The van der Waals surface area contributed by atoms with Crippen molar-refractivity contribution in [1.29, 1.82) is 0 Å². The number of rotatable bonds is 9. The van der Waals surface area contributed by atoms with Gasteiger partial charge in [0.25, 0.3) is 0 Å². The first-order chi connectivity index (χ1) is 9.42. The van der Waals surface area contributed by atoms with Crippen LogP contribution in [0.15, 0.2) is 6.07 Å². The number of thiophene rings is 1. The minimum Gasteiger partial charge on any atom is -0.377 e. The molecule has 0 fully saturated rings. The van der Waals surface area contributed by atoms with Gasteiger partial charge in [-0.15, -0.1) is 11.3 Å². The average Bonchev–Trinajstić information content (AvgIpc) is 2.69. The zero-order valence-corrected chi connectivity index (χ0v) is 12.8. The minimum atomic E-state index is -4.08. The molecule has 1 N–H and O–H groups in total. The molecule has 20 heavy (non-hydrogen) atoms. The molecular formula is C14H22F3NOS. The lowest BCUT2D eigenvalue weighted by Gasteiger charge is -2.06. The van der Waals surface area contributed by atoms with Crippen molar-refractivity contribution in [1.82, 2.24) is 5.32 Å². The Kier molecular flexibility index (Phi) is 7.55. The summed E-state index contributed by atoms with van der Waals surface area (Å²) in [6.07, 6.45) is -3.74. The monoisotopic (exact) mass is 309 g/mol. The van der Waals surface area contributed by atoms with Gasteiger partial charge in [0.2, 0.25) is 0 Å². The molecule has 0 saturated carbocycles. The first-order valence-electron chi connectivity index (χ1n) is 6.85. The van der Waals surface area contributed by atoms with Crippen molar-refractivity contribution in [2.45, 2.75) is 52.4 Å². The molecule has 0 bridgehead atoms. The van der Waals surface area contributed by atoms with Gasteiger partial charge < -0.3 is 10.1 Å². The van der Waals surface area contributed by atoms with Gasteiger partial charge in [-0.25, -0.2) is 0 Å². The summed E-state index contributed by atoms with van der Waals surface area (Å²) in [5.74, 6) is 0. The van der Waals surface area contributed by atoms with Crippen molar-refractivity contribution in [3.05, 3.63) is 21.4 Å². The van der Waals surface area contributed by atoms with E-state index in [1.54, 1.807) is 11.3 Å². The van der Waals surface area contributed by atoms with Crippen molar-refractivity contribution in [2.24, 2.45) is 0 Å². The number of halogens is 3. The van der Waals surface area contributed by atoms with Crippen LogP contribution >= 0.6 is 11.3 Å². The first kappa shape index (κ1) is 17.5. The van der Waals surface area contributed by atoms with E-state index in [-0.39, 0.29) is 13.0 Å². The Hall–Kier alpha value is -0.590. The number of hydrogen-bond donors (Lipinski definition) is 1. The fourth-order valence-corrected chi connectivity index (χ4v) is 2.78. The Morgan fingerprint density at radius 1 is 1.35 bits per heavy atom. The van der Waals surface area contributed by atoms with E-state index >= 15 is 0 Å². The Morgan fingerprint density at radius 3 is 2.75 bits per heavy atom. The molecule has 1 rings (SSSR count). The third kappa shape index (κ3) is 7.26. The molecule has 0 spiro atoms. The van der Waals surface area contributed by atoms with Crippen LogP contribution < -0.4 is 5.32 Å². The van der Waals surface area contributed by atoms with Crippen molar-refractivity contribution in [3.8, 4) is 0 Å². The van der Waals surface area contributed by atoms with Crippen LogP contribution in [0.1, 0.15) is 41.5 Å². The molecule has 1 heterocycles. The first-order valence-corrected chi connectivity index (χ1v) is 7.67. The highest BCUT2D eigenvalue weighted by molar-refractivity contribution is 7.12. The molecule has 2 nitrogen and oxygen atoms in total. The second-order valence-electron chi connectivity index (χ2n) is 4.74. The molecule has 116 valence electrons. The molecule has 0 saturated heterocycles. The average molecular weight is 309 g/mol. The molecule has 6 heteroatoms. The van der Waals surface area contributed by atoms with E-state index in [0.29, 0.717) is 6.61 Å². The Morgan fingerprint density at radius 2 is 2.10 bits per heavy atom. The van der Waals surface area contributed by atoms with E-state index < -0.39 is 12.6 Å². The summed E-state index contributed by atoms with van der Waals surface area (Å²) in [6.45, 7) is 6.51. The van der Waals surface area contributed by atoms with Gasteiger partial charge >= 0.3 is 6.18 Å². The molecule has 0 unspecified atom stereocenters. The van der Waals surface area contributed by atoms with Gasteiger partial charge in [0.15, 0.2) is 0 Å². The van der Waals surface area contributed by atoms with Crippen LogP contribution in [-0.2, 0) is 17.9 Å². The molecule has 0 aromatic carbocycles. The standard InChI is InChI=1S/C14H22F3NOS/c1-3-6-18-9-13-8-12(11(2)20-13)10-19-7-4-5-14(15,16)17/h8,18H,3-7,9-10H2,1-2H3. The van der Waals surface area contributed by atoms with E-state index in [9.17, 15) is 13.2 Å². The molecular weight excluding hydrogens is 287 g/mol. The van der Waals surface area contributed by atoms with Crippen LogP contribution in [0.3, 0.4) is 0 Å². The summed E-state index contributed by atoms with van der Waals surface area (Å²) in [4.78, 5) is 2.42. The summed E-state index contributed by atoms with van der Waals surface area (Å²) in [5.41, 5.74) is 1.08. The fourth-order valence-electron chi connectivity index (χ4n) is 1.76. The normalized spacial score (nSPS) is 12.1. The van der Waals surface area contributed by atoms with Gasteiger partial charge in [-0.05, 0) is 37.9 Å². The van der Waals surface area contributed by atoms with Crippen molar-refractivity contribution < 1.29 is 17.9 Å². The summed E-state index contributed by atoms with van der Waals surface area (Å²) in [6, 6.07) is 2.08. The zero-order chi connectivity index (χ0) is 15.0. The fraction of sp³-hybridized carbons (Fsp3) is 0.714. The van der Waals surface area contributed by atoms with E-state index in [0.717, 1.165) is 25.1 Å². The van der Waals surface area contributed by atoms with Crippen LogP contribution in [0, 0.1) is 6.92 Å². The van der Waals surface area contributed by atoms with E-state index in [2.05, 4.69) is 18.3 Å². The summed E-state index contributed by atoms with van der Waals surface area (Å²) in [7, 11) is 0. The number of nitrogens with one attached hydrogen (secondary N) is 1. The minimum absolute atomic E-state index is 0.0254. The van der Waals surface area contributed by atoms with Crippen molar-refractivity contribution in [3.63, 3.8) is 0 Å². The quantitative estimate of drug-likeness (QED) is 0.682. The predicted octanol–water partition coefficient (Wildman–Crippen LogP) is 4.42. The molecule has 0 radical (unpaired) electrons. The molecule has 1 aromatic heterocycles. The highest BCUT2D eigenvalue weighted by Crippen LogP contribution is 2.23. The third-order valence-corrected chi connectivity index (χ3v) is 3.90. The van der Waals surface area contributed by atoms with Crippen LogP contribution in [-0.4, -0.2) is 19.3 Å². The smallest absolute Gasteiger partial charge is 0.377 e. The maximum absolute atomic E-state index is 12.0. The zero-order valence-electron chi connectivity index (χ0n) is 12.0. The maximum Gasteiger partial charge on any atom is 0.389 e. The number of hydrogen-bond acceptors (Lipinski definition) is 3. The number of ether oxygens (including phenoxy) is 1. The third-order valence-electron chi connectivity index (χ3n) is 2.80. The number of alkyl halides is 3. The SMILES string of the molecule is CCCNCc1cc(COCCCC(F)(F)F)c(C)s1. The van der Waals surface area contributed by atoms with E-state index in [1.165, 1.54) is 9.75 Å². The summed E-state index contributed by atoms with van der Waals surface area (Å²) >= 11 is 1.71. The molecule has 1 aromatic rings. The molecule has 0 amide bonds. The van der Waals surface area contributed by atoms with E-state index in [1.807, 2.05) is 6.92 Å². The van der Waals surface area contributed by atoms with Crippen LogP contribution in [0.5, 0.6) is 0 Å². The van der Waals surface area contributed by atoms with Crippen molar-refractivity contribution >= 4 is 11.3 Å². The molecule has 0 aliphatic heterocycles. The van der Waals surface area contributed by atoms with Gasteiger partial charge in [-0.1, -0.05) is 6.92 Å². The van der Waals surface area contributed by atoms with Gasteiger partial charge in [0.05, 0.1) is 6.61 Å². The van der Waals surface area contributed by atoms with Crippen LogP contribution in [0.2, 0.25) is 0 Å². The largest absolute Gasteiger partial charge is 0.389 e. The van der Waals surface area contributed by atoms with Gasteiger partial charge in [-0.2, -0.15) is 13.2 Å². The summed E-state index contributed by atoms with van der Waals surface area (Å²) < 4.78 is 41.2. The number of aryl methyl sites for hydroxylation is 1. The molecule has 0 aliphatic carbocycles. The highest BCUT2D eigenvalue weighted by atomic mass is 32.1. The van der Waals surface area contributed by atoms with Gasteiger partial charge in [0.1, 0.15) is 0 Å².